The van der Waals surface area contributed by atoms with Crippen LogP contribution in [0, 0.1) is 0 Å². The number of benzene rings is 1. The molecule has 0 aliphatic heterocycles. The Labute approximate surface area is 137 Å². The van der Waals surface area contributed by atoms with Crippen LogP contribution in [0.15, 0.2) is 30.9 Å². The molecule has 0 radical (unpaired) electrons. The number of halogens is 2. The first-order valence-electron chi connectivity index (χ1n) is 7.08. The Kier molecular flexibility index (Phi) is 3.39. The second-order valence-corrected chi connectivity index (χ2v) is 6.19. The largest absolute Gasteiger partial charge is 0.364 e. The van der Waals surface area contributed by atoms with Gasteiger partial charge in [0.1, 0.15) is 11.8 Å². The quantitative estimate of drug-likeness (QED) is 0.781. The van der Waals surface area contributed by atoms with Crippen LogP contribution in [0.25, 0.3) is 11.2 Å². The van der Waals surface area contributed by atoms with Gasteiger partial charge in [-0.1, -0.05) is 29.3 Å². The Hall–Kier alpha value is -1.85. The average molecular weight is 334 g/mol. The highest BCUT2D eigenvalue weighted by Gasteiger charge is 2.26. The first kappa shape index (κ1) is 13.8. The summed E-state index contributed by atoms with van der Waals surface area (Å²) in [6, 6.07) is 6.11. The standard InChI is InChI=1S/C15H13Cl2N5/c16-11-4-1-9(5-12(11)17)6-18-14-13-15(20-7-19-14)22(8-21-13)10-2-3-10/h1,4-5,7-8,10H,2-3,6H2,(H,18,19,20). The molecule has 1 aromatic carbocycles. The van der Waals surface area contributed by atoms with E-state index in [-0.39, 0.29) is 0 Å². The van der Waals surface area contributed by atoms with Crippen molar-refractivity contribution in [2.24, 2.45) is 0 Å². The van der Waals surface area contributed by atoms with Gasteiger partial charge in [-0.15, -0.1) is 0 Å². The number of fused-ring (bicyclic) bond motifs is 1. The van der Waals surface area contributed by atoms with Gasteiger partial charge in [-0.3, -0.25) is 0 Å². The molecule has 1 aliphatic rings. The highest BCUT2D eigenvalue weighted by Crippen LogP contribution is 2.37. The lowest BCUT2D eigenvalue weighted by molar-refractivity contribution is 0.756. The molecule has 0 spiro atoms. The number of nitrogens with zero attached hydrogens (tertiary/aromatic N) is 4. The molecular formula is C15H13Cl2N5. The minimum atomic E-state index is 0.544. The van der Waals surface area contributed by atoms with Crippen LogP contribution in [0.5, 0.6) is 0 Å². The first-order valence-corrected chi connectivity index (χ1v) is 7.83. The average Bonchev–Trinajstić information content (AvgIpc) is 3.27. The smallest absolute Gasteiger partial charge is 0.165 e. The van der Waals surface area contributed by atoms with E-state index in [9.17, 15) is 0 Å². The Bertz CT molecular complexity index is 841. The van der Waals surface area contributed by atoms with E-state index in [2.05, 4.69) is 24.8 Å². The van der Waals surface area contributed by atoms with Crippen LogP contribution in [0.2, 0.25) is 10.0 Å². The van der Waals surface area contributed by atoms with E-state index in [0.717, 1.165) is 22.5 Å². The van der Waals surface area contributed by atoms with Crippen molar-refractivity contribution in [1.82, 2.24) is 19.5 Å². The van der Waals surface area contributed by atoms with Crippen molar-refractivity contribution in [2.45, 2.75) is 25.4 Å². The van der Waals surface area contributed by atoms with Gasteiger partial charge in [0.05, 0.1) is 16.4 Å². The molecule has 0 atom stereocenters. The van der Waals surface area contributed by atoms with Crippen molar-refractivity contribution < 1.29 is 0 Å². The number of imidazole rings is 1. The van der Waals surface area contributed by atoms with Gasteiger partial charge in [0, 0.05) is 12.6 Å². The summed E-state index contributed by atoms with van der Waals surface area (Å²) in [4.78, 5) is 13.1. The molecule has 0 unspecified atom stereocenters. The molecule has 0 bridgehead atoms. The summed E-state index contributed by atoms with van der Waals surface area (Å²) < 4.78 is 2.13. The van der Waals surface area contributed by atoms with Crippen molar-refractivity contribution in [3.8, 4) is 0 Å². The number of hydrogen-bond acceptors (Lipinski definition) is 4. The molecule has 112 valence electrons. The topological polar surface area (TPSA) is 55.6 Å². The molecule has 3 aromatic rings. The first-order chi connectivity index (χ1) is 10.7. The van der Waals surface area contributed by atoms with Crippen molar-refractivity contribution in [2.75, 3.05) is 5.32 Å². The number of anilines is 1. The molecule has 1 fully saturated rings. The minimum absolute atomic E-state index is 0.544. The fraction of sp³-hybridized carbons (Fsp3) is 0.267. The SMILES string of the molecule is Clc1ccc(CNc2ncnc3c2ncn3C2CC2)cc1Cl. The van der Waals surface area contributed by atoms with Gasteiger partial charge in [0.15, 0.2) is 11.5 Å². The second-order valence-electron chi connectivity index (χ2n) is 5.38. The third-order valence-corrected chi connectivity index (χ3v) is 4.48. The monoisotopic (exact) mass is 333 g/mol. The van der Waals surface area contributed by atoms with E-state index in [1.807, 2.05) is 18.5 Å². The predicted octanol–water partition coefficient (Wildman–Crippen LogP) is 4.08. The van der Waals surface area contributed by atoms with Gasteiger partial charge in [0.2, 0.25) is 0 Å². The van der Waals surface area contributed by atoms with Crippen LogP contribution >= 0.6 is 23.2 Å². The molecular weight excluding hydrogens is 321 g/mol. The summed E-state index contributed by atoms with van der Waals surface area (Å²) in [5.41, 5.74) is 2.71. The lowest BCUT2D eigenvalue weighted by Crippen LogP contribution is -2.03. The zero-order valence-electron chi connectivity index (χ0n) is 11.6. The molecule has 1 N–H and O–H groups in total. The van der Waals surface area contributed by atoms with Crippen LogP contribution < -0.4 is 5.32 Å². The van der Waals surface area contributed by atoms with Gasteiger partial charge in [-0.25, -0.2) is 15.0 Å². The maximum Gasteiger partial charge on any atom is 0.165 e. The molecule has 7 heteroatoms. The zero-order chi connectivity index (χ0) is 15.1. The molecule has 2 aromatic heterocycles. The van der Waals surface area contributed by atoms with Crippen molar-refractivity contribution in [3.05, 3.63) is 46.5 Å². The Morgan fingerprint density at radius 1 is 1.14 bits per heavy atom. The molecule has 4 rings (SSSR count). The molecule has 5 nitrogen and oxygen atoms in total. The number of rotatable bonds is 4. The summed E-state index contributed by atoms with van der Waals surface area (Å²) in [6.45, 7) is 0.597. The predicted molar refractivity (Wildman–Crippen MR) is 87.4 cm³/mol. The lowest BCUT2D eigenvalue weighted by Gasteiger charge is -2.07. The van der Waals surface area contributed by atoms with E-state index in [0.29, 0.717) is 22.6 Å². The molecule has 1 saturated carbocycles. The molecule has 0 amide bonds. The van der Waals surface area contributed by atoms with Gasteiger partial charge in [-0.05, 0) is 30.5 Å². The summed E-state index contributed by atoms with van der Waals surface area (Å²) >= 11 is 12.0. The fourth-order valence-corrected chi connectivity index (χ4v) is 2.76. The third-order valence-electron chi connectivity index (χ3n) is 3.74. The van der Waals surface area contributed by atoms with Crippen LogP contribution in [0.4, 0.5) is 5.82 Å². The maximum atomic E-state index is 6.03. The highest BCUT2D eigenvalue weighted by molar-refractivity contribution is 6.42. The van der Waals surface area contributed by atoms with E-state index < -0.39 is 0 Å². The van der Waals surface area contributed by atoms with Crippen LogP contribution in [-0.4, -0.2) is 19.5 Å². The number of hydrogen-bond donors (Lipinski definition) is 1. The highest BCUT2D eigenvalue weighted by atomic mass is 35.5. The summed E-state index contributed by atoms with van der Waals surface area (Å²) in [7, 11) is 0. The zero-order valence-corrected chi connectivity index (χ0v) is 13.1. The van der Waals surface area contributed by atoms with Gasteiger partial charge in [-0.2, -0.15) is 0 Å². The van der Waals surface area contributed by atoms with Crippen molar-refractivity contribution in [3.63, 3.8) is 0 Å². The van der Waals surface area contributed by atoms with E-state index in [1.165, 1.54) is 12.8 Å². The molecule has 2 heterocycles. The van der Waals surface area contributed by atoms with Crippen LogP contribution in [0.3, 0.4) is 0 Å². The van der Waals surface area contributed by atoms with E-state index in [4.69, 9.17) is 23.2 Å². The van der Waals surface area contributed by atoms with Crippen LogP contribution in [-0.2, 0) is 6.54 Å². The third kappa shape index (κ3) is 2.51. The summed E-state index contributed by atoms with van der Waals surface area (Å²) in [5, 5.41) is 4.40. The summed E-state index contributed by atoms with van der Waals surface area (Å²) in [6.07, 6.45) is 5.81. The Morgan fingerprint density at radius 2 is 2.00 bits per heavy atom. The van der Waals surface area contributed by atoms with Crippen molar-refractivity contribution >= 4 is 40.2 Å². The van der Waals surface area contributed by atoms with E-state index >= 15 is 0 Å². The lowest BCUT2D eigenvalue weighted by atomic mass is 10.2. The minimum Gasteiger partial charge on any atom is -0.364 e. The van der Waals surface area contributed by atoms with E-state index in [1.54, 1.807) is 12.4 Å². The van der Waals surface area contributed by atoms with Crippen molar-refractivity contribution in [1.29, 1.82) is 0 Å². The van der Waals surface area contributed by atoms with Crippen LogP contribution in [0.1, 0.15) is 24.4 Å². The summed E-state index contributed by atoms with van der Waals surface area (Å²) in [5.74, 6) is 0.732. The van der Waals surface area contributed by atoms with Gasteiger partial charge < -0.3 is 9.88 Å². The molecule has 22 heavy (non-hydrogen) atoms. The van der Waals surface area contributed by atoms with Gasteiger partial charge >= 0.3 is 0 Å². The maximum absolute atomic E-state index is 6.03. The molecule has 0 saturated heterocycles. The molecule has 1 aliphatic carbocycles. The van der Waals surface area contributed by atoms with Gasteiger partial charge in [0.25, 0.3) is 0 Å². The Balaban J connectivity index is 1.60. The Morgan fingerprint density at radius 3 is 2.77 bits per heavy atom. The normalized spacial score (nSPS) is 14.5. The second kappa shape index (κ2) is 5.41. The fourth-order valence-electron chi connectivity index (χ4n) is 2.44. The number of nitrogens with one attached hydrogen (secondary N) is 1. The number of aromatic nitrogens is 4.